The van der Waals surface area contributed by atoms with Gasteiger partial charge in [-0.15, -0.1) is 0 Å². The summed E-state index contributed by atoms with van der Waals surface area (Å²) in [6.45, 7) is 8.10. The zero-order chi connectivity index (χ0) is 17.0. The van der Waals surface area contributed by atoms with Crippen molar-refractivity contribution in [1.29, 1.82) is 0 Å². The summed E-state index contributed by atoms with van der Waals surface area (Å²) in [6.07, 6.45) is -0.867. The maximum atomic E-state index is 12.3. The van der Waals surface area contributed by atoms with Gasteiger partial charge in [-0.3, -0.25) is 9.59 Å². The quantitative estimate of drug-likeness (QED) is 0.523. The van der Waals surface area contributed by atoms with E-state index in [1.165, 1.54) is 6.92 Å². The predicted molar refractivity (Wildman–Crippen MR) is 79.2 cm³/mol. The molecule has 0 fully saturated rings. The first-order chi connectivity index (χ1) is 10.1. The topological polar surface area (TPSA) is 137 Å². The van der Waals surface area contributed by atoms with Gasteiger partial charge in [-0.05, 0) is 0 Å². The molecule has 122 valence electrons. The Balaban J connectivity index is 3.25. The van der Waals surface area contributed by atoms with Crippen molar-refractivity contribution in [3.8, 4) is 0 Å². The smallest absolute Gasteiger partial charge is 0.352 e. The predicted octanol–water partition coefficient (Wildman–Crippen LogP) is -0.834. The molecule has 0 unspecified atom stereocenters. The summed E-state index contributed by atoms with van der Waals surface area (Å²) in [5.41, 5.74) is 5.31. The Hall–Kier alpha value is -2.58. The van der Waals surface area contributed by atoms with Crippen LogP contribution in [0, 0.1) is 5.92 Å². The van der Waals surface area contributed by atoms with Gasteiger partial charge in [-0.1, -0.05) is 20.4 Å². The molecule has 2 atom stereocenters. The largest absolute Gasteiger partial charge is 0.477 e. The highest BCUT2D eigenvalue weighted by Gasteiger charge is 2.39. The van der Waals surface area contributed by atoms with Gasteiger partial charge in [0.15, 0.2) is 0 Å². The molecule has 0 saturated heterocycles. The Morgan fingerprint density at radius 2 is 2.00 bits per heavy atom. The number of carbonyl (C=O) groups is 3. The molecule has 0 saturated carbocycles. The second-order valence-electron chi connectivity index (χ2n) is 5.31. The van der Waals surface area contributed by atoms with Crippen LogP contribution in [-0.4, -0.2) is 45.8 Å². The number of nitrogens with zero attached hydrogens (tertiary/aromatic N) is 2. The van der Waals surface area contributed by atoms with Crippen LogP contribution in [0.5, 0.6) is 0 Å². The number of carbonyl (C=O) groups excluding carboxylic acids is 2. The van der Waals surface area contributed by atoms with E-state index >= 15 is 0 Å². The first-order valence-electron chi connectivity index (χ1n) is 6.75. The molecule has 1 aliphatic heterocycles. The van der Waals surface area contributed by atoms with Gasteiger partial charge in [-0.25, -0.2) is 9.80 Å². The Morgan fingerprint density at radius 1 is 1.41 bits per heavy atom. The Labute approximate surface area is 128 Å². The number of nitrogens with one attached hydrogen (secondary N) is 2. The van der Waals surface area contributed by atoms with Crippen molar-refractivity contribution >= 4 is 23.5 Å². The molecule has 5 N–H and O–H groups in total. The highest BCUT2D eigenvalue weighted by molar-refractivity contribution is 6.36. The van der Waals surface area contributed by atoms with E-state index in [4.69, 9.17) is 10.8 Å². The molecule has 9 nitrogen and oxygen atoms in total. The van der Waals surface area contributed by atoms with Crippen molar-refractivity contribution in [1.82, 2.24) is 15.6 Å². The minimum atomic E-state index is -1.24. The van der Waals surface area contributed by atoms with E-state index < -0.39 is 30.0 Å². The Morgan fingerprint density at radius 3 is 2.41 bits per heavy atom. The summed E-state index contributed by atoms with van der Waals surface area (Å²) in [5, 5.41) is 19.4. The maximum absolute atomic E-state index is 12.3. The van der Waals surface area contributed by atoms with Crippen LogP contribution >= 0.6 is 0 Å². The molecule has 2 amide bonds. The molecular formula is C13H21N5O4. The Kier molecular flexibility index (Phi) is 5.50. The van der Waals surface area contributed by atoms with Gasteiger partial charge < -0.3 is 21.5 Å². The van der Waals surface area contributed by atoms with Crippen molar-refractivity contribution in [3.63, 3.8) is 0 Å². The van der Waals surface area contributed by atoms with Gasteiger partial charge in [0.2, 0.25) is 11.8 Å². The summed E-state index contributed by atoms with van der Waals surface area (Å²) >= 11 is 0. The molecule has 1 aliphatic rings. The maximum Gasteiger partial charge on any atom is 0.352 e. The van der Waals surface area contributed by atoms with E-state index in [9.17, 15) is 14.4 Å². The van der Waals surface area contributed by atoms with Crippen LogP contribution in [0.2, 0.25) is 0 Å². The third-order valence-corrected chi connectivity index (χ3v) is 2.97. The fraction of sp³-hybridized carbons (Fsp3) is 0.538. The molecule has 0 aromatic rings. The number of amides is 2. The zero-order valence-electron chi connectivity index (χ0n) is 12.8. The highest BCUT2D eigenvalue weighted by Crippen LogP contribution is 2.18. The molecular weight excluding hydrogens is 290 g/mol. The Bertz CT molecular complexity index is 529. The number of nitrogens with two attached hydrogens (primary N) is 1. The van der Waals surface area contributed by atoms with Crippen molar-refractivity contribution in [2.75, 3.05) is 0 Å². The molecule has 0 spiro atoms. The zero-order valence-corrected chi connectivity index (χ0v) is 12.8. The van der Waals surface area contributed by atoms with Gasteiger partial charge in [0, 0.05) is 19.3 Å². The lowest BCUT2D eigenvalue weighted by Crippen LogP contribution is -2.62. The summed E-state index contributed by atoms with van der Waals surface area (Å²) in [6, 6.07) is -0.646. The number of hydrogen-bond acceptors (Lipinski definition) is 6. The lowest BCUT2D eigenvalue weighted by molar-refractivity contribution is -0.140. The molecule has 0 radical (unpaired) electrons. The molecule has 0 bridgehead atoms. The van der Waals surface area contributed by atoms with Crippen LogP contribution in [0.15, 0.2) is 17.5 Å². The highest BCUT2D eigenvalue weighted by atomic mass is 16.4. The number of hydrazone groups is 1. The molecule has 0 aromatic heterocycles. The summed E-state index contributed by atoms with van der Waals surface area (Å²) in [7, 11) is 0. The van der Waals surface area contributed by atoms with E-state index in [0.717, 1.165) is 5.01 Å². The van der Waals surface area contributed by atoms with Gasteiger partial charge in [-0.2, -0.15) is 5.10 Å². The van der Waals surface area contributed by atoms with Gasteiger partial charge >= 0.3 is 5.97 Å². The van der Waals surface area contributed by atoms with Crippen LogP contribution in [0.25, 0.3) is 0 Å². The van der Waals surface area contributed by atoms with Crippen LogP contribution in [0.1, 0.15) is 27.2 Å². The van der Waals surface area contributed by atoms with Gasteiger partial charge in [0.05, 0.1) is 11.9 Å². The first kappa shape index (κ1) is 17.5. The van der Waals surface area contributed by atoms with Gasteiger partial charge in [0.25, 0.3) is 0 Å². The average molecular weight is 311 g/mol. The number of hydrogen-bond donors (Lipinski definition) is 4. The molecule has 22 heavy (non-hydrogen) atoms. The molecule has 0 aromatic carbocycles. The second kappa shape index (κ2) is 6.92. The minimum Gasteiger partial charge on any atom is -0.477 e. The molecule has 1 heterocycles. The standard InChI is InChI=1S/C13H21N5O4/c1-6(2)12(20)18-11(16-8(4)19)9(15-7(3)14)5-10(17-18)13(21)22/h6,9,11,15H,3,5,14H2,1-2,4H3,(H,16,19)(H,21,22)/t9-,11-/m0/s1. The minimum absolute atomic E-state index is 0.0155. The fourth-order valence-electron chi connectivity index (χ4n) is 2.04. The summed E-state index contributed by atoms with van der Waals surface area (Å²) < 4.78 is 0. The van der Waals surface area contributed by atoms with E-state index in [-0.39, 0.29) is 23.9 Å². The van der Waals surface area contributed by atoms with Gasteiger partial charge in [0.1, 0.15) is 11.9 Å². The number of rotatable bonds is 5. The summed E-state index contributed by atoms with van der Waals surface area (Å²) in [5.74, 6) is -2.35. The molecule has 1 rings (SSSR count). The SMILES string of the molecule is C=C(N)N[C@H]1CC(C(=O)O)=NN(C(=O)C(C)C)[C@@H]1NC(C)=O. The number of carboxylic acid groups (broad SMARTS) is 1. The van der Waals surface area contributed by atoms with E-state index in [0.29, 0.717) is 0 Å². The lowest BCUT2D eigenvalue weighted by atomic mass is 10.0. The third-order valence-electron chi connectivity index (χ3n) is 2.97. The van der Waals surface area contributed by atoms with Crippen LogP contribution in [0.4, 0.5) is 0 Å². The molecule has 0 aliphatic carbocycles. The fourth-order valence-corrected chi connectivity index (χ4v) is 2.04. The molecule has 9 heteroatoms. The lowest BCUT2D eigenvalue weighted by Gasteiger charge is -2.39. The third kappa shape index (κ3) is 4.21. The van der Waals surface area contributed by atoms with E-state index in [2.05, 4.69) is 22.3 Å². The van der Waals surface area contributed by atoms with Crippen molar-refractivity contribution in [2.45, 2.75) is 39.4 Å². The van der Waals surface area contributed by atoms with Crippen LogP contribution in [-0.2, 0) is 14.4 Å². The van der Waals surface area contributed by atoms with Crippen molar-refractivity contribution in [2.24, 2.45) is 16.8 Å². The normalized spacial score (nSPS) is 21.1. The summed E-state index contributed by atoms with van der Waals surface area (Å²) in [4.78, 5) is 34.9. The van der Waals surface area contributed by atoms with Crippen LogP contribution in [0.3, 0.4) is 0 Å². The van der Waals surface area contributed by atoms with Crippen molar-refractivity contribution in [3.05, 3.63) is 12.4 Å². The van der Waals surface area contributed by atoms with Crippen molar-refractivity contribution < 1.29 is 19.5 Å². The van der Waals surface area contributed by atoms with Crippen LogP contribution < -0.4 is 16.4 Å². The second-order valence-corrected chi connectivity index (χ2v) is 5.31. The average Bonchev–Trinajstić information content (AvgIpc) is 2.38. The first-order valence-corrected chi connectivity index (χ1v) is 6.75. The monoisotopic (exact) mass is 311 g/mol. The van der Waals surface area contributed by atoms with E-state index in [1.54, 1.807) is 13.8 Å². The van der Waals surface area contributed by atoms with E-state index in [1.807, 2.05) is 0 Å². The number of aliphatic carboxylic acids is 1. The number of carboxylic acids is 1.